The minimum absolute atomic E-state index is 0.00243. The lowest BCUT2D eigenvalue weighted by atomic mass is 9.84. The van der Waals surface area contributed by atoms with Gasteiger partial charge in [0.2, 0.25) is 5.91 Å². The first-order valence-electron chi connectivity index (χ1n) is 13.1. The molecule has 0 radical (unpaired) electrons. The lowest BCUT2D eigenvalue weighted by Crippen LogP contribution is -2.55. The fraction of sp³-hybridized carbons (Fsp3) is 0.880. The van der Waals surface area contributed by atoms with E-state index in [4.69, 9.17) is 4.74 Å². The molecule has 2 heterocycles. The number of unbranched alkanes of at least 4 members (excludes halogenated alkanes) is 1. The van der Waals surface area contributed by atoms with Crippen molar-refractivity contribution in [2.24, 2.45) is 11.8 Å². The molecule has 0 aromatic carbocycles. The number of ether oxygens (including phenoxy) is 1. The number of rotatable bonds is 11. The predicted octanol–water partition coefficient (Wildman–Crippen LogP) is 2.70. The minimum atomic E-state index is -0.926. The number of nitrogens with zero attached hydrogens (tertiary/aromatic N) is 1. The first-order chi connectivity index (χ1) is 15.9. The SMILES string of the molecule is CCOC(=O)C(CCCCC1CCNCC1)NC(C)C(=O)N1C(C(=O)O)CC2CCCCC21. The fourth-order valence-corrected chi connectivity index (χ4v) is 6.06. The molecule has 8 nitrogen and oxygen atoms in total. The molecular formula is C25H43N3O5. The first-order valence-corrected chi connectivity index (χ1v) is 13.1. The van der Waals surface area contributed by atoms with Crippen LogP contribution in [0.1, 0.15) is 84.5 Å². The molecule has 0 aromatic heterocycles. The van der Waals surface area contributed by atoms with E-state index in [1.165, 1.54) is 19.3 Å². The highest BCUT2D eigenvalue weighted by molar-refractivity contribution is 5.88. The summed E-state index contributed by atoms with van der Waals surface area (Å²) in [6, 6.07) is -1.94. The summed E-state index contributed by atoms with van der Waals surface area (Å²) in [7, 11) is 0. The van der Waals surface area contributed by atoms with E-state index in [-0.39, 0.29) is 23.8 Å². The van der Waals surface area contributed by atoms with Gasteiger partial charge in [-0.05, 0) is 77.3 Å². The topological polar surface area (TPSA) is 108 Å². The number of piperidine rings is 1. The standard InChI is InChI=1S/C25H43N3O5/c1-3-33-25(32)20(10-6-4-8-18-12-14-26-15-13-18)27-17(2)23(29)28-21-11-7-5-9-19(21)16-22(28)24(30)31/h17-22,26-27H,3-16H2,1-2H3,(H,30,31). The smallest absolute Gasteiger partial charge is 0.326 e. The van der Waals surface area contributed by atoms with Crippen LogP contribution in [0.2, 0.25) is 0 Å². The molecule has 0 bridgehead atoms. The van der Waals surface area contributed by atoms with Crippen LogP contribution in [0.4, 0.5) is 0 Å². The quantitative estimate of drug-likeness (QED) is 0.318. The Hall–Kier alpha value is -1.67. The lowest BCUT2D eigenvalue weighted by Gasteiger charge is -2.35. The van der Waals surface area contributed by atoms with Crippen molar-refractivity contribution in [3.05, 3.63) is 0 Å². The van der Waals surface area contributed by atoms with Crippen molar-refractivity contribution in [2.45, 2.75) is 109 Å². The molecule has 3 rings (SSSR count). The van der Waals surface area contributed by atoms with Gasteiger partial charge in [-0.15, -0.1) is 0 Å². The third-order valence-corrected chi connectivity index (χ3v) is 7.83. The van der Waals surface area contributed by atoms with Crippen LogP contribution in [0.15, 0.2) is 0 Å². The number of likely N-dealkylation sites (tertiary alicyclic amines) is 1. The van der Waals surface area contributed by atoms with Crippen LogP contribution < -0.4 is 10.6 Å². The highest BCUT2D eigenvalue weighted by Gasteiger charge is 2.48. The second kappa shape index (κ2) is 12.7. The number of carboxylic acids is 1. The van der Waals surface area contributed by atoms with Crippen molar-refractivity contribution in [3.63, 3.8) is 0 Å². The Kier molecular flexibility index (Phi) is 9.98. The highest BCUT2D eigenvalue weighted by atomic mass is 16.5. The zero-order chi connectivity index (χ0) is 23.8. The van der Waals surface area contributed by atoms with E-state index in [9.17, 15) is 19.5 Å². The molecule has 3 N–H and O–H groups in total. The van der Waals surface area contributed by atoms with Crippen molar-refractivity contribution in [3.8, 4) is 0 Å². The van der Waals surface area contributed by atoms with Gasteiger partial charge in [0.05, 0.1) is 12.6 Å². The average molecular weight is 466 g/mol. The van der Waals surface area contributed by atoms with Gasteiger partial charge in [0, 0.05) is 6.04 Å². The van der Waals surface area contributed by atoms with E-state index < -0.39 is 24.1 Å². The van der Waals surface area contributed by atoms with Gasteiger partial charge in [0.15, 0.2) is 0 Å². The van der Waals surface area contributed by atoms with Crippen molar-refractivity contribution in [1.29, 1.82) is 0 Å². The molecule has 2 aliphatic heterocycles. The number of carbonyl (C=O) groups excluding carboxylic acids is 2. The summed E-state index contributed by atoms with van der Waals surface area (Å²) in [5, 5.41) is 16.4. The molecule has 2 saturated heterocycles. The van der Waals surface area contributed by atoms with E-state index in [1.54, 1.807) is 18.7 Å². The van der Waals surface area contributed by atoms with Gasteiger partial charge in [-0.3, -0.25) is 14.9 Å². The molecule has 5 unspecified atom stereocenters. The van der Waals surface area contributed by atoms with Gasteiger partial charge in [-0.2, -0.15) is 0 Å². The van der Waals surface area contributed by atoms with Crippen LogP contribution in [-0.2, 0) is 19.1 Å². The molecule has 3 fully saturated rings. The summed E-state index contributed by atoms with van der Waals surface area (Å²) < 4.78 is 5.27. The fourth-order valence-electron chi connectivity index (χ4n) is 6.06. The summed E-state index contributed by atoms with van der Waals surface area (Å²) in [6.45, 7) is 6.01. The number of fused-ring (bicyclic) bond motifs is 1. The zero-order valence-corrected chi connectivity index (χ0v) is 20.4. The van der Waals surface area contributed by atoms with Gasteiger partial charge in [-0.25, -0.2) is 4.79 Å². The third kappa shape index (κ3) is 6.92. The molecule has 3 aliphatic rings. The van der Waals surface area contributed by atoms with Gasteiger partial charge in [-0.1, -0.05) is 32.1 Å². The summed E-state index contributed by atoms with van der Waals surface area (Å²) >= 11 is 0. The molecule has 1 amide bonds. The Bertz CT molecular complexity index is 666. The normalized spacial score (nSPS) is 27.6. The molecule has 1 aliphatic carbocycles. The van der Waals surface area contributed by atoms with Crippen LogP contribution in [-0.4, -0.2) is 71.7 Å². The maximum Gasteiger partial charge on any atom is 0.326 e. The van der Waals surface area contributed by atoms with Crippen LogP contribution in [0.5, 0.6) is 0 Å². The number of esters is 1. The number of aliphatic carboxylic acids is 1. The highest BCUT2D eigenvalue weighted by Crippen LogP contribution is 2.40. The number of hydrogen-bond donors (Lipinski definition) is 3. The van der Waals surface area contributed by atoms with Crippen molar-refractivity contribution < 1.29 is 24.2 Å². The Morgan fingerprint density at radius 3 is 2.55 bits per heavy atom. The second-order valence-corrected chi connectivity index (χ2v) is 10.1. The maximum absolute atomic E-state index is 13.4. The Balaban J connectivity index is 1.57. The van der Waals surface area contributed by atoms with E-state index >= 15 is 0 Å². The first kappa shape index (κ1) is 25.9. The van der Waals surface area contributed by atoms with E-state index in [2.05, 4.69) is 10.6 Å². The summed E-state index contributed by atoms with van der Waals surface area (Å²) in [6.07, 6.45) is 10.7. The molecule has 33 heavy (non-hydrogen) atoms. The predicted molar refractivity (Wildman–Crippen MR) is 126 cm³/mol. The zero-order valence-electron chi connectivity index (χ0n) is 20.4. The van der Waals surface area contributed by atoms with Crippen molar-refractivity contribution in [2.75, 3.05) is 19.7 Å². The van der Waals surface area contributed by atoms with Gasteiger partial charge >= 0.3 is 11.9 Å². The molecule has 8 heteroatoms. The number of carboxylic acid groups (broad SMARTS) is 1. The van der Waals surface area contributed by atoms with Crippen LogP contribution in [0.25, 0.3) is 0 Å². The van der Waals surface area contributed by atoms with E-state index in [0.717, 1.165) is 57.5 Å². The van der Waals surface area contributed by atoms with Crippen LogP contribution in [0, 0.1) is 11.8 Å². The molecule has 0 aromatic rings. The Morgan fingerprint density at radius 1 is 1.12 bits per heavy atom. The molecule has 5 atom stereocenters. The average Bonchev–Trinajstić information content (AvgIpc) is 3.21. The van der Waals surface area contributed by atoms with Crippen molar-refractivity contribution >= 4 is 17.8 Å². The van der Waals surface area contributed by atoms with Gasteiger partial charge in [0.1, 0.15) is 12.1 Å². The minimum Gasteiger partial charge on any atom is -0.480 e. The van der Waals surface area contributed by atoms with Crippen molar-refractivity contribution in [1.82, 2.24) is 15.5 Å². The van der Waals surface area contributed by atoms with E-state index in [1.807, 2.05) is 0 Å². The second-order valence-electron chi connectivity index (χ2n) is 10.1. The number of amides is 1. The van der Waals surface area contributed by atoms with Gasteiger partial charge < -0.3 is 20.1 Å². The van der Waals surface area contributed by atoms with Gasteiger partial charge in [0.25, 0.3) is 0 Å². The Morgan fingerprint density at radius 2 is 1.85 bits per heavy atom. The van der Waals surface area contributed by atoms with Crippen LogP contribution in [0.3, 0.4) is 0 Å². The number of hydrogen-bond acceptors (Lipinski definition) is 6. The molecule has 1 saturated carbocycles. The summed E-state index contributed by atoms with van der Waals surface area (Å²) in [4.78, 5) is 39.5. The summed E-state index contributed by atoms with van der Waals surface area (Å²) in [5.74, 6) is -0.435. The number of nitrogens with one attached hydrogen (secondary N) is 2. The largest absolute Gasteiger partial charge is 0.480 e. The molecule has 188 valence electrons. The molecule has 0 spiro atoms. The van der Waals surface area contributed by atoms with E-state index in [0.29, 0.717) is 19.4 Å². The molecular weight excluding hydrogens is 422 g/mol. The maximum atomic E-state index is 13.4. The van der Waals surface area contributed by atoms with Crippen LogP contribution >= 0.6 is 0 Å². The number of carbonyl (C=O) groups is 3. The lowest BCUT2D eigenvalue weighted by molar-refractivity contribution is -0.152. The third-order valence-electron chi connectivity index (χ3n) is 7.83. The monoisotopic (exact) mass is 465 g/mol. The summed E-state index contributed by atoms with van der Waals surface area (Å²) in [5.41, 5.74) is 0. The Labute approximate surface area is 198 Å².